The maximum Gasteiger partial charge on any atom is 0.543 e. The molecule has 0 aromatic heterocycles. The first kappa shape index (κ1) is 42.0. The molecule has 0 spiro atoms. The maximum absolute atomic E-state index is 12.5. The number of carbonyl (C=O) groups excluding carboxylic acids is 4. The van der Waals surface area contributed by atoms with E-state index in [4.69, 9.17) is 9.47 Å². The summed E-state index contributed by atoms with van der Waals surface area (Å²) in [5.41, 5.74) is 10.1. The Balaban J connectivity index is 1.42. The highest BCUT2D eigenvalue weighted by molar-refractivity contribution is 5.94. The second-order valence-electron chi connectivity index (χ2n) is 12.8. The van der Waals surface area contributed by atoms with Gasteiger partial charge in [0, 0.05) is 0 Å². The molecule has 0 bridgehead atoms. The minimum Gasteiger partial charge on any atom is -0.432 e. The summed E-state index contributed by atoms with van der Waals surface area (Å²) < 4.78 is 9.92. The van der Waals surface area contributed by atoms with Crippen LogP contribution in [0.2, 0.25) is 0 Å². The molecule has 2 rings (SSSR count). The molecule has 12 nitrogen and oxygen atoms in total. The van der Waals surface area contributed by atoms with Crippen LogP contribution < -0.4 is 0 Å². The molecule has 0 heterocycles. The highest BCUT2D eigenvalue weighted by atomic mass is 17.5. The standard InChI is InChI=1S/C38H54O12/c1-23-25(3)29(7)33(30(8)26(23)4)35(39)45-49-47-37(41)43-21-19-17-15-13-11-12-14-16-18-20-22-44-38(42)48-50-46-36(40)34-31(9)27(5)24(2)28(6)32(34)10/h11-22H2,1-10H3. The molecule has 0 fully saturated rings. The third-order valence-electron chi connectivity index (χ3n) is 9.81. The third-order valence-corrected chi connectivity index (χ3v) is 9.81. The summed E-state index contributed by atoms with van der Waals surface area (Å²) >= 11 is 0. The van der Waals surface area contributed by atoms with Gasteiger partial charge in [-0.15, -0.1) is 0 Å². The second kappa shape index (κ2) is 21.1. The normalized spacial score (nSPS) is 10.8. The van der Waals surface area contributed by atoms with Gasteiger partial charge in [0.25, 0.3) is 0 Å². The Kier molecular flexibility index (Phi) is 17.8. The molecule has 0 N–H and O–H groups in total. The lowest BCUT2D eigenvalue weighted by Gasteiger charge is -2.16. The fraction of sp³-hybridized carbons (Fsp3) is 0.579. The summed E-state index contributed by atoms with van der Waals surface area (Å²) in [6.45, 7) is 19.4. The first-order valence-corrected chi connectivity index (χ1v) is 17.3. The molecule has 0 saturated heterocycles. The molecule has 0 aliphatic heterocycles. The van der Waals surface area contributed by atoms with Crippen molar-refractivity contribution in [1.82, 2.24) is 0 Å². The Morgan fingerprint density at radius 1 is 0.340 bits per heavy atom. The van der Waals surface area contributed by atoms with Crippen molar-refractivity contribution >= 4 is 24.2 Å². The molecule has 0 amide bonds. The molecule has 2 aromatic rings. The lowest BCUT2D eigenvalue weighted by molar-refractivity contribution is -0.452. The van der Waals surface area contributed by atoms with Gasteiger partial charge < -0.3 is 9.47 Å². The summed E-state index contributed by atoms with van der Waals surface area (Å²) in [4.78, 5) is 66.6. The van der Waals surface area contributed by atoms with Gasteiger partial charge in [0.15, 0.2) is 0 Å². The summed E-state index contributed by atoms with van der Waals surface area (Å²) in [6, 6.07) is 0. The maximum atomic E-state index is 12.5. The minimum absolute atomic E-state index is 0.170. The van der Waals surface area contributed by atoms with Crippen molar-refractivity contribution in [3.05, 3.63) is 66.8 Å². The zero-order valence-corrected chi connectivity index (χ0v) is 31.4. The predicted octanol–water partition coefficient (Wildman–Crippen LogP) is 9.69. The van der Waals surface area contributed by atoms with Crippen molar-refractivity contribution in [3.63, 3.8) is 0 Å². The van der Waals surface area contributed by atoms with Crippen LogP contribution >= 0.6 is 0 Å². The molecule has 0 atom stereocenters. The third kappa shape index (κ3) is 12.3. The van der Waals surface area contributed by atoms with Gasteiger partial charge in [0.05, 0.1) is 34.4 Å². The van der Waals surface area contributed by atoms with Crippen LogP contribution in [0.1, 0.15) is 141 Å². The van der Waals surface area contributed by atoms with Crippen molar-refractivity contribution < 1.29 is 58.3 Å². The van der Waals surface area contributed by atoms with Crippen molar-refractivity contribution in [2.75, 3.05) is 13.2 Å². The summed E-state index contributed by atoms with van der Waals surface area (Å²) in [5, 5.41) is 8.77. The molecule has 0 aliphatic carbocycles. The lowest BCUT2D eigenvalue weighted by atomic mass is 9.90. The largest absolute Gasteiger partial charge is 0.543 e. The van der Waals surface area contributed by atoms with Gasteiger partial charge in [0.2, 0.25) is 0 Å². The number of hydrogen-bond donors (Lipinski definition) is 0. The Morgan fingerprint density at radius 3 is 0.860 bits per heavy atom. The average Bonchev–Trinajstić information content (AvgIpc) is 3.08. The van der Waals surface area contributed by atoms with Crippen molar-refractivity contribution in [2.24, 2.45) is 0 Å². The number of benzene rings is 2. The number of rotatable bonds is 19. The predicted molar refractivity (Wildman–Crippen MR) is 184 cm³/mol. The highest BCUT2D eigenvalue weighted by Crippen LogP contribution is 2.28. The van der Waals surface area contributed by atoms with Crippen LogP contribution in [-0.2, 0) is 39.1 Å². The molecule has 0 radical (unpaired) electrons. The molecular weight excluding hydrogens is 648 g/mol. The zero-order valence-electron chi connectivity index (χ0n) is 31.4. The first-order chi connectivity index (χ1) is 23.7. The monoisotopic (exact) mass is 702 g/mol. The van der Waals surface area contributed by atoms with Crippen LogP contribution in [0.15, 0.2) is 0 Å². The van der Waals surface area contributed by atoms with E-state index in [1.54, 1.807) is 0 Å². The Labute approximate surface area is 295 Å². The number of ether oxygens (including phenoxy) is 2. The molecule has 0 saturated carbocycles. The van der Waals surface area contributed by atoms with E-state index in [1.165, 1.54) is 0 Å². The van der Waals surface area contributed by atoms with E-state index < -0.39 is 24.2 Å². The SMILES string of the molecule is Cc1c(C)c(C)c(C(=O)OOOC(=O)OCCCCCCCCCCCCOC(=O)OOOC(=O)c2c(C)c(C)c(C)c(C)c2C)c(C)c1C. The van der Waals surface area contributed by atoms with Crippen LogP contribution in [0.4, 0.5) is 9.59 Å². The molecule has 50 heavy (non-hydrogen) atoms. The number of hydrogen-bond acceptors (Lipinski definition) is 12. The van der Waals surface area contributed by atoms with Crippen LogP contribution in [0.5, 0.6) is 0 Å². The van der Waals surface area contributed by atoms with Gasteiger partial charge in [0.1, 0.15) is 0 Å². The lowest BCUT2D eigenvalue weighted by Crippen LogP contribution is -2.15. The molecule has 2 aromatic carbocycles. The summed E-state index contributed by atoms with van der Waals surface area (Å²) in [5.74, 6) is -1.49. The van der Waals surface area contributed by atoms with E-state index in [2.05, 4.69) is 29.6 Å². The van der Waals surface area contributed by atoms with Crippen LogP contribution in [0.3, 0.4) is 0 Å². The fourth-order valence-corrected chi connectivity index (χ4v) is 5.82. The Hall–Kier alpha value is -4.16. The van der Waals surface area contributed by atoms with Gasteiger partial charge in [-0.25, -0.2) is 29.0 Å². The molecule has 278 valence electrons. The van der Waals surface area contributed by atoms with E-state index >= 15 is 0 Å². The van der Waals surface area contributed by atoms with Crippen LogP contribution in [0.25, 0.3) is 0 Å². The van der Waals surface area contributed by atoms with Crippen LogP contribution in [0, 0.1) is 69.2 Å². The van der Waals surface area contributed by atoms with Crippen LogP contribution in [-0.4, -0.2) is 37.5 Å². The first-order valence-electron chi connectivity index (χ1n) is 17.3. The van der Waals surface area contributed by atoms with Gasteiger partial charge >= 0.3 is 24.2 Å². The van der Waals surface area contributed by atoms with E-state index in [0.29, 0.717) is 24.0 Å². The van der Waals surface area contributed by atoms with Crippen molar-refractivity contribution in [2.45, 2.75) is 133 Å². The van der Waals surface area contributed by atoms with Gasteiger partial charge in [-0.1, -0.05) is 51.4 Å². The Bertz CT molecular complexity index is 1320. The van der Waals surface area contributed by atoms with E-state index in [9.17, 15) is 19.2 Å². The Morgan fingerprint density at radius 2 is 0.580 bits per heavy atom. The minimum atomic E-state index is -1.08. The summed E-state index contributed by atoms with van der Waals surface area (Å²) in [6.07, 6.45) is 7.36. The molecule has 12 heteroatoms. The van der Waals surface area contributed by atoms with E-state index in [-0.39, 0.29) is 13.2 Å². The zero-order chi connectivity index (χ0) is 37.4. The van der Waals surface area contributed by atoms with Crippen molar-refractivity contribution in [1.29, 1.82) is 0 Å². The quantitative estimate of drug-likeness (QED) is 0.0595. The summed E-state index contributed by atoms with van der Waals surface area (Å²) in [7, 11) is 0. The topological polar surface area (TPSA) is 142 Å². The number of carbonyl (C=O) groups is 4. The highest BCUT2D eigenvalue weighted by Gasteiger charge is 2.23. The van der Waals surface area contributed by atoms with Gasteiger partial charge in [-0.2, -0.15) is 0 Å². The molecular formula is C38H54O12. The average molecular weight is 703 g/mol. The van der Waals surface area contributed by atoms with Gasteiger partial charge in [-0.3, -0.25) is 9.78 Å². The molecule has 0 unspecified atom stereocenters. The van der Waals surface area contributed by atoms with E-state index in [1.807, 2.05) is 69.2 Å². The smallest absolute Gasteiger partial charge is 0.432 e. The second-order valence-corrected chi connectivity index (χ2v) is 12.8. The van der Waals surface area contributed by atoms with E-state index in [0.717, 1.165) is 107 Å². The molecule has 0 aliphatic rings. The number of unbranched alkanes of at least 4 members (excludes halogenated alkanes) is 9. The fourth-order valence-electron chi connectivity index (χ4n) is 5.82. The van der Waals surface area contributed by atoms with Crippen molar-refractivity contribution in [3.8, 4) is 0 Å². The van der Waals surface area contributed by atoms with Gasteiger partial charge in [-0.05, 0) is 138 Å².